The molecule has 1 aromatic carbocycles. The van der Waals surface area contributed by atoms with Gasteiger partial charge in [0.25, 0.3) is 0 Å². The molecular formula is C19H27BO5. The van der Waals surface area contributed by atoms with E-state index in [-0.39, 0.29) is 24.3 Å². The van der Waals surface area contributed by atoms with Crippen LogP contribution in [0, 0.1) is 12.3 Å². The Kier molecular flexibility index (Phi) is 4.40. The van der Waals surface area contributed by atoms with Gasteiger partial charge in [-0.15, -0.1) is 0 Å². The summed E-state index contributed by atoms with van der Waals surface area (Å²) < 4.78 is 23.0. The highest BCUT2D eigenvalue weighted by Gasteiger charge is 2.53. The summed E-state index contributed by atoms with van der Waals surface area (Å²) in [7, 11) is 1.04. The third kappa shape index (κ3) is 3.29. The van der Waals surface area contributed by atoms with E-state index >= 15 is 0 Å². The Balaban J connectivity index is 1.69. The zero-order valence-corrected chi connectivity index (χ0v) is 16.0. The molecule has 6 heteroatoms. The molecule has 0 spiro atoms. The van der Waals surface area contributed by atoms with Crippen molar-refractivity contribution in [2.24, 2.45) is 5.41 Å². The first-order chi connectivity index (χ1) is 11.6. The molecule has 1 heterocycles. The Morgan fingerprint density at radius 3 is 2.24 bits per heavy atom. The van der Waals surface area contributed by atoms with E-state index in [9.17, 15) is 4.79 Å². The molecule has 136 valence electrons. The molecule has 0 amide bonds. The predicted molar refractivity (Wildman–Crippen MR) is 96.1 cm³/mol. The topological polar surface area (TPSA) is 54.0 Å². The van der Waals surface area contributed by atoms with Crippen LogP contribution in [-0.2, 0) is 18.8 Å². The summed E-state index contributed by atoms with van der Waals surface area (Å²) in [6.45, 7) is 10.5. The van der Waals surface area contributed by atoms with Crippen LogP contribution in [0.4, 0.5) is 0 Å². The molecule has 0 N–H and O–H groups in total. The van der Waals surface area contributed by atoms with Crippen molar-refractivity contribution in [3.8, 4) is 5.75 Å². The van der Waals surface area contributed by atoms with E-state index in [1.165, 1.54) is 7.11 Å². The number of hydrogen-bond donors (Lipinski definition) is 0. The van der Waals surface area contributed by atoms with Crippen LogP contribution in [0.2, 0.25) is 0 Å². The number of carbonyl (C=O) groups is 1. The molecule has 1 saturated carbocycles. The Labute approximate surface area is 150 Å². The van der Waals surface area contributed by atoms with Gasteiger partial charge in [0.15, 0.2) is 0 Å². The first-order valence-electron chi connectivity index (χ1n) is 8.78. The lowest BCUT2D eigenvalue weighted by Gasteiger charge is -2.32. The van der Waals surface area contributed by atoms with Crippen molar-refractivity contribution in [2.45, 2.75) is 58.7 Å². The van der Waals surface area contributed by atoms with Crippen LogP contribution in [0.1, 0.15) is 46.1 Å². The average Bonchev–Trinajstić information content (AvgIpc) is 3.28. The lowest BCUT2D eigenvalue weighted by Crippen LogP contribution is -2.41. The maximum absolute atomic E-state index is 11.8. The minimum atomic E-state index is -0.451. The molecule has 1 aliphatic carbocycles. The lowest BCUT2D eigenvalue weighted by molar-refractivity contribution is -0.148. The number of aryl methyl sites for hydroxylation is 1. The van der Waals surface area contributed by atoms with Crippen molar-refractivity contribution in [1.29, 1.82) is 0 Å². The highest BCUT2D eigenvalue weighted by molar-refractivity contribution is 6.62. The van der Waals surface area contributed by atoms with Gasteiger partial charge in [-0.2, -0.15) is 0 Å². The molecule has 5 nitrogen and oxygen atoms in total. The van der Waals surface area contributed by atoms with Gasteiger partial charge in [0, 0.05) is 0 Å². The summed E-state index contributed by atoms with van der Waals surface area (Å²) in [5.41, 5.74) is 0.864. The van der Waals surface area contributed by atoms with Crippen LogP contribution in [0.25, 0.3) is 0 Å². The van der Waals surface area contributed by atoms with Crippen molar-refractivity contribution in [2.75, 3.05) is 13.7 Å². The van der Waals surface area contributed by atoms with Crippen LogP contribution in [0.3, 0.4) is 0 Å². The zero-order chi connectivity index (χ0) is 18.5. The molecule has 1 aromatic rings. The molecule has 0 bridgehead atoms. The predicted octanol–water partition coefficient (Wildman–Crippen LogP) is 2.63. The van der Waals surface area contributed by atoms with E-state index in [1.54, 1.807) is 0 Å². The summed E-state index contributed by atoms with van der Waals surface area (Å²) >= 11 is 0. The first kappa shape index (κ1) is 18.3. The summed E-state index contributed by atoms with van der Waals surface area (Å²) in [5, 5.41) is 0. The van der Waals surface area contributed by atoms with Crippen LogP contribution in [-0.4, -0.2) is 38.0 Å². The quantitative estimate of drug-likeness (QED) is 0.606. The summed E-state index contributed by atoms with van der Waals surface area (Å²) in [4.78, 5) is 11.8. The van der Waals surface area contributed by atoms with Crippen LogP contribution in [0.15, 0.2) is 18.2 Å². The molecule has 0 atom stereocenters. The minimum absolute atomic E-state index is 0.182. The van der Waals surface area contributed by atoms with E-state index in [4.69, 9.17) is 18.8 Å². The second kappa shape index (κ2) is 6.03. The zero-order valence-electron chi connectivity index (χ0n) is 16.0. The Morgan fingerprint density at radius 1 is 1.16 bits per heavy atom. The van der Waals surface area contributed by atoms with E-state index in [2.05, 4.69) is 0 Å². The summed E-state index contributed by atoms with van der Waals surface area (Å²) in [5.74, 6) is 0.561. The van der Waals surface area contributed by atoms with Crippen molar-refractivity contribution < 1.29 is 23.6 Å². The maximum atomic E-state index is 11.8. The van der Waals surface area contributed by atoms with Crippen LogP contribution < -0.4 is 10.2 Å². The number of ether oxygens (including phenoxy) is 2. The van der Waals surface area contributed by atoms with E-state index in [1.807, 2.05) is 52.8 Å². The monoisotopic (exact) mass is 346 g/mol. The van der Waals surface area contributed by atoms with Crippen LogP contribution in [0.5, 0.6) is 5.75 Å². The molecule has 0 radical (unpaired) electrons. The van der Waals surface area contributed by atoms with Gasteiger partial charge in [-0.25, -0.2) is 0 Å². The Bertz CT molecular complexity index is 662. The molecule has 2 fully saturated rings. The minimum Gasteiger partial charge on any atom is -0.492 e. The van der Waals surface area contributed by atoms with E-state index in [0.29, 0.717) is 6.61 Å². The molecule has 0 unspecified atom stereocenters. The normalized spacial score (nSPS) is 22.6. The largest absolute Gasteiger partial charge is 0.495 e. The SMILES string of the molecule is COC(=O)C1(COc2ccc(B3OC(C)(C)C(C)(C)O3)c(C)c2)CC1. The second-order valence-corrected chi connectivity index (χ2v) is 8.17. The molecule has 3 rings (SSSR count). The van der Waals surface area contributed by atoms with Gasteiger partial charge in [0.2, 0.25) is 0 Å². The highest BCUT2D eigenvalue weighted by Crippen LogP contribution is 2.47. The third-order valence-corrected chi connectivity index (χ3v) is 5.74. The molecule has 1 saturated heterocycles. The number of carbonyl (C=O) groups excluding carboxylic acids is 1. The standard InChI is InChI=1S/C19H27BO5/c1-13-11-14(23-12-19(9-10-19)16(21)22-6)7-8-15(13)20-24-17(2,3)18(4,5)25-20/h7-8,11H,9-10,12H2,1-6H3. The maximum Gasteiger partial charge on any atom is 0.495 e. The summed E-state index contributed by atoms with van der Waals surface area (Å²) in [6, 6.07) is 5.85. The smallest absolute Gasteiger partial charge is 0.492 e. The number of rotatable bonds is 5. The number of esters is 1. The van der Waals surface area contributed by atoms with Gasteiger partial charge in [-0.3, -0.25) is 4.79 Å². The third-order valence-electron chi connectivity index (χ3n) is 5.74. The van der Waals surface area contributed by atoms with Crippen molar-refractivity contribution in [1.82, 2.24) is 0 Å². The number of hydrogen-bond acceptors (Lipinski definition) is 5. The van der Waals surface area contributed by atoms with Gasteiger partial charge in [0.05, 0.1) is 18.3 Å². The second-order valence-electron chi connectivity index (χ2n) is 8.17. The van der Waals surface area contributed by atoms with Crippen molar-refractivity contribution in [3.63, 3.8) is 0 Å². The van der Waals surface area contributed by atoms with Gasteiger partial charge >= 0.3 is 13.1 Å². The van der Waals surface area contributed by atoms with Crippen molar-refractivity contribution >= 4 is 18.6 Å². The molecule has 25 heavy (non-hydrogen) atoms. The fourth-order valence-electron chi connectivity index (χ4n) is 2.97. The van der Waals surface area contributed by atoms with E-state index in [0.717, 1.165) is 29.6 Å². The molecule has 1 aliphatic heterocycles. The lowest BCUT2D eigenvalue weighted by atomic mass is 9.76. The van der Waals surface area contributed by atoms with Gasteiger partial charge in [-0.05, 0) is 70.6 Å². The number of methoxy groups -OCH3 is 1. The van der Waals surface area contributed by atoms with Crippen LogP contribution >= 0.6 is 0 Å². The summed E-state index contributed by atoms with van der Waals surface area (Å²) in [6.07, 6.45) is 1.65. The highest BCUT2D eigenvalue weighted by atomic mass is 16.7. The van der Waals surface area contributed by atoms with Gasteiger partial charge in [0.1, 0.15) is 17.8 Å². The first-order valence-corrected chi connectivity index (χ1v) is 8.78. The molecule has 2 aliphatic rings. The molecule has 0 aromatic heterocycles. The molecular weight excluding hydrogens is 319 g/mol. The Morgan fingerprint density at radius 2 is 1.76 bits per heavy atom. The van der Waals surface area contributed by atoms with Gasteiger partial charge in [-0.1, -0.05) is 6.07 Å². The van der Waals surface area contributed by atoms with Gasteiger partial charge < -0.3 is 18.8 Å². The Hall–Kier alpha value is -1.53. The van der Waals surface area contributed by atoms with E-state index < -0.39 is 5.41 Å². The average molecular weight is 346 g/mol. The fraction of sp³-hybridized carbons (Fsp3) is 0.632. The van der Waals surface area contributed by atoms with Crippen molar-refractivity contribution in [3.05, 3.63) is 23.8 Å². The fourth-order valence-corrected chi connectivity index (χ4v) is 2.97. The number of benzene rings is 1.